The van der Waals surface area contributed by atoms with Gasteiger partial charge in [-0.25, -0.2) is 19.3 Å². The molecule has 0 amide bonds. The van der Waals surface area contributed by atoms with Gasteiger partial charge in [-0.2, -0.15) is 5.26 Å². The molecule has 1 N–H and O–H groups in total. The van der Waals surface area contributed by atoms with Crippen LogP contribution in [0.15, 0.2) is 40.8 Å². The summed E-state index contributed by atoms with van der Waals surface area (Å²) in [6, 6.07) is 6.36. The fourth-order valence-electron chi connectivity index (χ4n) is 1.62. The number of benzene rings is 1. The molecule has 2 aromatic heterocycles. The highest BCUT2D eigenvalue weighted by atomic mass is 32.2. The SMILES string of the molecule is N#Cc1c(F)cccc1Sc1ncnc2nc[nH]c12. The van der Waals surface area contributed by atoms with Crippen LogP contribution in [0, 0.1) is 17.1 Å². The van der Waals surface area contributed by atoms with Crippen molar-refractivity contribution in [3.05, 3.63) is 42.2 Å². The normalized spacial score (nSPS) is 10.5. The summed E-state index contributed by atoms with van der Waals surface area (Å²) in [6.07, 6.45) is 2.90. The smallest absolute Gasteiger partial charge is 0.181 e. The lowest BCUT2D eigenvalue weighted by Crippen LogP contribution is -1.90. The van der Waals surface area contributed by atoms with Crippen molar-refractivity contribution < 1.29 is 4.39 Å². The van der Waals surface area contributed by atoms with Gasteiger partial charge >= 0.3 is 0 Å². The van der Waals surface area contributed by atoms with Gasteiger partial charge < -0.3 is 4.98 Å². The molecule has 0 aliphatic rings. The maximum atomic E-state index is 13.5. The number of hydrogen-bond donors (Lipinski definition) is 1. The summed E-state index contributed by atoms with van der Waals surface area (Å²) in [5.41, 5.74) is 1.21. The van der Waals surface area contributed by atoms with E-state index in [1.54, 1.807) is 12.1 Å². The highest BCUT2D eigenvalue weighted by molar-refractivity contribution is 7.99. The summed E-state index contributed by atoms with van der Waals surface area (Å²) in [5.74, 6) is -0.539. The van der Waals surface area contributed by atoms with Gasteiger partial charge in [-0.05, 0) is 12.1 Å². The maximum Gasteiger partial charge on any atom is 0.181 e. The zero-order valence-corrected chi connectivity index (χ0v) is 10.3. The standard InChI is InChI=1S/C12H6FN5S/c13-8-2-1-3-9(7(8)4-14)19-12-10-11(16-5-15-10)17-6-18-12/h1-3,5-6H,(H,15,16,17,18). The number of nitriles is 1. The minimum Gasteiger partial charge on any atom is -0.341 e. The second-order valence-electron chi connectivity index (χ2n) is 3.61. The largest absolute Gasteiger partial charge is 0.341 e. The summed E-state index contributed by atoms with van der Waals surface area (Å²) in [5, 5.41) is 9.60. The zero-order chi connectivity index (χ0) is 13.2. The van der Waals surface area contributed by atoms with E-state index >= 15 is 0 Å². The Balaban J connectivity index is 2.09. The fraction of sp³-hybridized carbons (Fsp3) is 0. The molecule has 0 saturated heterocycles. The molecule has 1 aromatic carbocycles. The molecule has 3 rings (SSSR count). The second kappa shape index (κ2) is 4.66. The summed E-state index contributed by atoms with van der Waals surface area (Å²) >= 11 is 1.20. The minimum absolute atomic E-state index is 0.0128. The Hall–Kier alpha value is -2.46. The van der Waals surface area contributed by atoms with Crippen LogP contribution in [0.5, 0.6) is 0 Å². The first-order valence-electron chi connectivity index (χ1n) is 5.30. The van der Waals surface area contributed by atoms with Crippen molar-refractivity contribution in [1.29, 1.82) is 5.26 Å². The van der Waals surface area contributed by atoms with Crippen molar-refractivity contribution in [3.63, 3.8) is 0 Å². The predicted molar refractivity (Wildman–Crippen MR) is 66.9 cm³/mol. The summed E-state index contributed by atoms with van der Waals surface area (Å²) < 4.78 is 13.5. The van der Waals surface area contributed by atoms with E-state index in [2.05, 4.69) is 19.9 Å². The molecule has 0 saturated carbocycles. The van der Waals surface area contributed by atoms with Gasteiger partial charge in [0, 0.05) is 4.90 Å². The van der Waals surface area contributed by atoms with E-state index < -0.39 is 5.82 Å². The minimum atomic E-state index is -0.539. The molecular formula is C12H6FN5S. The van der Waals surface area contributed by atoms with Crippen LogP contribution in [0.2, 0.25) is 0 Å². The van der Waals surface area contributed by atoms with Gasteiger partial charge in [0.05, 0.1) is 6.33 Å². The molecule has 0 atom stereocenters. The molecule has 0 radical (unpaired) electrons. The van der Waals surface area contributed by atoms with E-state index in [4.69, 9.17) is 5.26 Å². The Labute approximate surface area is 111 Å². The molecule has 7 heteroatoms. The van der Waals surface area contributed by atoms with Crippen LogP contribution in [-0.4, -0.2) is 19.9 Å². The number of nitrogens with zero attached hydrogens (tertiary/aromatic N) is 4. The number of H-pyrrole nitrogens is 1. The molecule has 0 spiro atoms. The van der Waals surface area contributed by atoms with E-state index in [9.17, 15) is 4.39 Å². The highest BCUT2D eigenvalue weighted by Crippen LogP contribution is 2.32. The van der Waals surface area contributed by atoms with Gasteiger partial charge in [0.25, 0.3) is 0 Å². The summed E-state index contributed by atoms with van der Waals surface area (Å²) in [7, 11) is 0. The molecule has 0 unspecified atom stereocenters. The van der Waals surface area contributed by atoms with Crippen molar-refractivity contribution in [2.45, 2.75) is 9.92 Å². The Bertz CT molecular complexity index is 792. The number of hydrogen-bond acceptors (Lipinski definition) is 5. The summed E-state index contributed by atoms with van der Waals surface area (Å²) in [4.78, 5) is 15.6. The number of nitrogens with one attached hydrogen (secondary N) is 1. The van der Waals surface area contributed by atoms with Gasteiger partial charge in [0.2, 0.25) is 0 Å². The zero-order valence-electron chi connectivity index (χ0n) is 9.46. The molecule has 0 bridgehead atoms. The first-order chi connectivity index (χ1) is 9.29. The third-order valence-electron chi connectivity index (χ3n) is 2.48. The number of rotatable bonds is 2. The van der Waals surface area contributed by atoms with Crippen LogP contribution in [0.25, 0.3) is 11.2 Å². The van der Waals surface area contributed by atoms with Gasteiger partial charge in [-0.3, -0.25) is 0 Å². The number of aromatic nitrogens is 4. The number of aromatic amines is 1. The van der Waals surface area contributed by atoms with Gasteiger partial charge in [0.15, 0.2) is 5.65 Å². The van der Waals surface area contributed by atoms with E-state index in [0.717, 1.165) is 0 Å². The molecule has 0 aliphatic heterocycles. The first kappa shape index (κ1) is 11.6. The molecular weight excluding hydrogens is 265 g/mol. The van der Waals surface area contributed by atoms with Crippen molar-refractivity contribution in [2.24, 2.45) is 0 Å². The number of imidazole rings is 1. The van der Waals surface area contributed by atoms with Gasteiger partial charge in [-0.1, -0.05) is 17.8 Å². The van der Waals surface area contributed by atoms with Gasteiger partial charge in [-0.15, -0.1) is 0 Å². The lowest BCUT2D eigenvalue weighted by molar-refractivity contribution is 0.620. The maximum absolute atomic E-state index is 13.5. The van der Waals surface area contributed by atoms with Crippen LogP contribution < -0.4 is 0 Å². The van der Waals surface area contributed by atoms with Crippen molar-refractivity contribution >= 4 is 22.9 Å². The molecule has 2 heterocycles. The average Bonchev–Trinajstić information content (AvgIpc) is 2.88. The van der Waals surface area contributed by atoms with E-state index in [-0.39, 0.29) is 5.56 Å². The third-order valence-corrected chi connectivity index (χ3v) is 3.55. The summed E-state index contributed by atoms with van der Waals surface area (Å²) in [6.45, 7) is 0. The van der Waals surface area contributed by atoms with E-state index in [1.807, 2.05) is 6.07 Å². The molecule has 3 aromatic rings. The Kier molecular flexibility index (Phi) is 2.85. The second-order valence-corrected chi connectivity index (χ2v) is 4.64. The van der Waals surface area contributed by atoms with Gasteiger partial charge in [0.1, 0.15) is 34.3 Å². The van der Waals surface area contributed by atoms with E-state index in [1.165, 1.54) is 30.5 Å². The quantitative estimate of drug-likeness (QED) is 0.724. The van der Waals surface area contributed by atoms with Crippen LogP contribution in [0.3, 0.4) is 0 Å². The van der Waals surface area contributed by atoms with Crippen LogP contribution in [0.1, 0.15) is 5.56 Å². The van der Waals surface area contributed by atoms with Crippen molar-refractivity contribution in [3.8, 4) is 6.07 Å². The monoisotopic (exact) mass is 271 g/mol. The van der Waals surface area contributed by atoms with Crippen LogP contribution in [-0.2, 0) is 0 Å². The Morgan fingerprint density at radius 3 is 3.00 bits per heavy atom. The first-order valence-corrected chi connectivity index (χ1v) is 6.12. The lowest BCUT2D eigenvalue weighted by atomic mass is 10.2. The lowest BCUT2D eigenvalue weighted by Gasteiger charge is -2.04. The number of fused-ring (bicyclic) bond motifs is 1. The molecule has 0 aliphatic carbocycles. The Morgan fingerprint density at radius 1 is 1.26 bits per heavy atom. The molecule has 92 valence electrons. The average molecular weight is 271 g/mol. The highest BCUT2D eigenvalue weighted by Gasteiger charge is 2.13. The third kappa shape index (κ3) is 2.02. The molecule has 0 fully saturated rings. The Morgan fingerprint density at radius 2 is 2.16 bits per heavy atom. The molecule has 19 heavy (non-hydrogen) atoms. The van der Waals surface area contributed by atoms with Crippen LogP contribution >= 0.6 is 11.8 Å². The van der Waals surface area contributed by atoms with Crippen molar-refractivity contribution in [2.75, 3.05) is 0 Å². The predicted octanol–water partition coefficient (Wildman–Crippen LogP) is 2.51. The molecule has 5 nitrogen and oxygen atoms in total. The van der Waals surface area contributed by atoms with Crippen LogP contribution in [0.4, 0.5) is 4.39 Å². The fourth-order valence-corrected chi connectivity index (χ4v) is 2.57. The van der Waals surface area contributed by atoms with Crippen molar-refractivity contribution in [1.82, 2.24) is 19.9 Å². The van der Waals surface area contributed by atoms with E-state index in [0.29, 0.717) is 21.1 Å². The number of halogens is 1. The topological polar surface area (TPSA) is 78.2 Å².